The zero-order chi connectivity index (χ0) is 18.3. The van der Waals surface area contributed by atoms with Gasteiger partial charge in [-0.25, -0.2) is 0 Å². The molecule has 9 heteroatoms. The van der Waals surface area contributed by atoms with Crippen LogP contribution in [0.25, 0.3) is 0 Å². The van der Waals surface area contributed by atoms with Gasteiger partial charge in [0.2, 0.25) is 0 Å². The molecule has 136 valence electrons. The number of nitrogens with zero attached hydrogens (tertiary/aromatic N) is 3. The molecule has 1 aromatic rings. The smallest absolute Gasteiger partial charge is 0.383 e. The maximum atomic E-state index is 10.8. The molecule has 1 aliphatic rings. The third-order valence-corrected chi connectivity index (χ3v) is 9.76. The van der Waals surface area contributed by atoms with Crippen molar-refractivity contribution in [1.82, 2.24) is 9.55 Å². The summed E-state index contributed by atoms with van der Waals surface area (Å²) in [6.07, 6.45) is 2.27. The lowest BCUT2D eigenvalue weighted by Crippen LogP contribution is -2.48. The average Bonchev–Trinajstić information content (AvgIpc) is 3.20. The first-order chi connectivity index (χ1) is 10.9. The number of nitro groups is 1. The number of rotatable bonds is 7. The van der Waals surface area contributed by atoms with Crippen molar-refractivity contribution in [3.8, 4) is 0 Å². The van der Waals surface area contributed by atoms with E-state index in [4.69, 9.17) is 16.0 Å². The van der Waals surface area contributed by atoms with Crippen LogP contribution < -0.4 is 0 Å². The van der Waals surface area contributed by atoms with Crippen molar-refractivity contribution >= 4 is 25.7 Å². The molecule has 2 rings (SSSR count). The van der Waals surface area contributed by atoms with E-state index in [0.717, 1.165) is 12.8 Å². The molecule has 7 nitrogen and oxygen atoms in total. The molecular formula is C15H26ClN3O4Si. The van der Waals surface area contributed by atoms with Crippen molar-refractivity contribution in [3.05, 3.63) is 21.6 Å². The molecule has 24 heavy (non-hydrogen) atoms. The topological polar surface area (TPSA) is 90.4 Å². The van der Waals surface area contributed by atoms with Crippen LogP contribution in [-0.4, -0.2) is 40.1 Å². The molecule has 1 aliphatic carbocycles. The van der Waals surface area contributed by atoms with Gasteiger partial charge in [0.05, 0.1) is 18.8 Å². The summed E-state index contributed by atoms with van der Waals surface area (Å²) in [5.74, 6) is 0.0203. The lowest BCUT2D eigenvalue weighted by atomic mass is 10.1. The normalized spacial score (nSPS) is 18.5. The largest absolute Gasteiger partial charge is 0.411 e. The Balaban J connectivity index is 2.13. The number of aliphatic hydroxyl groups is 1. The Morgan fingerprint density at radius 1 is 1.54 bits per heavy atom. The molecule has 0 spiro atoms. The standard InChI is InChI=1S/C15H26ClN3O4Si/c1-15(2,3)24(4,5)23-13(10-6-7-10)11(20)8-18-9-12(19(21)22)17-14(18)16/h9-11,13,20H,6-8H2,1-5H3/t11-,13-/m1/s1. The summed E-state index contributed by atoms with van der Waals surface area (Å²) in [6, 6.07) is 0. The zero-order valence-electron chi connectivity index (χ0n) is 14.8. The quantitative estimate of drug-likeness (QED) is 0.446. The van der Waals surface area contributed by atoms with E-state index >= 15 is 0 Å². The Hall–Kier alpha value is -0.963. The number of hydrogen-bond donors (Lipinski definition) is 1. The van der Waals surface area contributed by atoms with E-state index in [2.05, 4.69) is 38.8 Å². The minimum Gasteiger partial charge on any atom is -0.411 e. The fraction of sp³-hybridized carbons (Fsp3) is 0.800. The van der Waals surface area contributed by atoms with Gasteiger partial charge in [0.15, 0.2) is 8.32 Å². The van der Waals surface area contributed by atoms with Gasteiger partial charge in [-0.1, -0.05) is 20.8 Å². The zero-order valence-corrected chi connectivity index (χ0v) is 16.6. The van der Waals surface area contributed by atoms with Gasteiger partial charge in [0.25, 0.3) is 0 Å². The van der Waals surface area contributed by atoms with Crippen molar-refractivity contribution in [2.24, 2.45) is 5.92 Å². The highest BCUT2D eigenvalue weighted by Crippen LogP contribution is 2.43. The molecule has 1 N–H and O–H groups in total. The summed E-state index contributed by atoms with van der Waals surface area (Å²) < 4.78 is 7.84. The molecule has 0 unspecified atom stereocenters. The Morgan fingerprint density at radius 3 is 2.54 bits per heavy atom. The number of imidazole rings is 1. The Morgan fingerprint density at radius 2 is 2.12 bits per heavy atom. The molecular weight excluding hydrogens is 350 g/mol. The van der Waals surface area contributed by atoms with Crippen LogP contribution >= 0.6 is 11.6 Å². The van der Waals surface area contributed by atoms with Crippen LogP contribution in [0.15, 0.2) is 6.20 Å². The fourth-order valence-electron chi connectivity index (χ4n) is 2.33. The van der Waals surface area contributed by atoms with Crippen molar-refractivity contribution in [2.75, 3.05) is 0 Å². The van der Waals surface area contributed by atoms with Crippen molar-refractivity contribution < 1.29 is 14.5 Å². The maximum Gasteiger partial charge on any atom is 0.383 e. The second kappa shape index (κ2) is 6.74. The van der Waals surface area contributed by atoms with Crippen LogP contribution in [0.5, 0.6) is 0 Å². The molecule has 0 amide bonds. The fourth-order valence-corrected chi connectivity index (χ4v) is 3.92. The molecule has 2 atom stereocenters. The summed E-state index contributed by atoms with van der Waals surface area (Å²) in [5.41, 5.74) is 0. The van der Waals surface area contributed by atoms with Gasteiger partial charge in [0, 0.05) is 0 Å². The highest BCUT2D eigenvalue weighted by molar-refractivity contribution is 6.74. The second-order valence-electron chi connectivity index (χ2n) is 8.03. The van der Waals surface area contributed by atoms with Crippen LogP contribution in [0, 0.1) is 16.0 Å². The molecule has 0 aliphatic heterocycles. The Bertz CT molecular complexity index is 610. The van der Waals surface area contributed by atoms with E-state index in [1.54, 1.807) is 0 Å². The summed E-state index contributed by atoms with van der Waals surface area (Å²) in [4.78, 5) is 13.9. The van der Waals surface area contributed by atoms with E-state index in [-0.39, 0.29) is 28.8 Å². The number of halogens is 1. The SMILES string of the molecule is CC(C)(C)[Si](C)(C)O[C@H](C1CC1)[C@H](O)Cn1cc([N+](=O)[O-])nc1Cl. The highest BCUT2D eigenvalue weighted by Gasteiger charge is 2.45. The summed E-state index contributed by atoms with van der Waals surface area (Å²) in [7, 11) is -2.02. The molecule has 1 aromatic heterocycles. The minimum atomic E-state index is -2.02. The highest BCUT2D eigenvalue weighted by atomic mass is 35.5. The van der Waals surface area contributed by atoms with Gasteiger partial charge in [-0.05, 0) is 58.4 Å². The van der Waals surface area contributed by atoms with E-state index in [1.165, 1.54) is 10.8 Å². The summed E-state index contributed by atoms with van der Waals surface area (Å²) >= 11 is 5.94. The van der Waals surface area contributed by atoms with E-state index in [0.29, 0.717) is 5.92 Å². The predicted octanol–water partition coefficient (Wildman–Crippen LogP) is 3.61. The Kier molecular flexibility index (Phi) is 5.44. The van der Waals surface area contributed by atoms with E-state index < -0.39 is 19.3 Å². The molecule has 0 saturated heterocycles. The molecule has 1 saturated carbocycles. The number of hydrogen-bond acceptors (Lipinski definition) is 5. The number of aromatic nitrogens is 2. The molecule has 1 heterocycles. The van der Waals surface area contributed by atoms with E-state index in [1.807, 2.05) is 0 Å². The summed E-state index contributed by atoms with van der Waals surface area (Å²) in [5, 5.41) is 21.5. The van der Waals surface area contributed by atoms with Crippen molar-refractivity contribution in [3.63, 3.8) is 0 Å². The molecule has 0 bridgehead atoms. The third-order valence-electron chi connectivity index (χ3n) is 4.99. The van der Waals surface area contributed by atoms with Crippen LogP contribution in [0.4, 0.5) is 5.82 Å². The van der Waals surface area contributed by atoms with Crippen molar-refractivity contribution in [2.45, 2.75) is 70.5 Å². The number of aliphatic hydroxyl groups excluding tert-OH is 1. The second-order valence-corrected chi connectivity index (χ2v) is 13.1. The average molecular weight is 376 g/mol. The first-order valence-corrected chi connectivity index (χ1v) is 11.4. The lowest BCUT2D eigenvalue weighted by Gasteiger charge is -2.40. The first-order valence-electron chi connectivity index (χ1n) is 8.15. The van der Waals surface area contributed by atoms with Gasteiger partial charge in [0.1, 0.15) is 6.20 Å². The van der Waals surface area contributed by atoms with Gasteiger partial charge >= 0.3 is 11.1 Å². The molecule has 0 radical (unpaired) electrons. The summed E-state index contributed by atoms with van der Waals surface area (Å²) in [6.45, 7) is 10.9. The third kappa shape index (κ3) is 4.36. The molecule has 0 aromatic carbocycles. The van der Waals surface area contributed by atoms with Crippen LogP contribution in [-0.2, 0) is 11.0 Å². The van der Waals surface area contributed by atoms with Crippen LogP contribution in [0.3, 0.4) is 0 Å². The monoisotopic (exact) mass is 375 g/mol. The van der Waals surface area contributed by atoms with Gasteiger partial charge in [-0.15, -0.1) is 0 Å². The predicted molar refractivity (Wildman–Crippen MR) is 94.7 cm³/mol. The minimum absolute atomic E-state index is 0.00243. The lowest BCUT2D eigenvalue weighted by molar-refractivity contribution is -0.389. The van der Waals surface area contributed by atoms with Gasteiger partial charge < -0.3 is 19.6 Å². The maximum absolute atomic E-state index is 10.8. The van der Waals surface area contributed by atoms with Gasteiger partial charge in [-0.3, -0.25) is 4.57 Å². The van der Waals surface area contributed by atoms with Crippen LogP contribution in [0.1, 0.15) is 33.6 Å². The van der Waals surface area contributed by atoms with Gasteiger partial charge in [-0.2, -0.15) is 0 Å². The molecule has 1 fully saturated rings. The van der Waals surface area contributed by atoms with E-state index in [9.17, 15) is 15.2 Å². The Labute approximate surface area is 148 Å². The first kappa shape index (κ1) is 19.4. The van der Waals surface area contributed by atoms with Crippen molar-refractivity contribution in [1.29, 1.82) is 0 Å². The van der Waals surface area contributed by atoms with Crippen LogP contribution in [0.2, 0.25) is 23.4 Å².